The molecule has 0 aliphatic rings. The van der Waals surface area contributed by atoms with Crippen molar-refractivity contribution in [3.05, 3.63) is 213 Å². The average Bonchev–Trinajstić information content (AvgIpc) is 3.31. The smallest absolute Gasteiger partial charge is 0.160 e. The van der Waals surface area contributed by atoms with Crippen molar-refractivity contribution >= 4 is 43.1 Å². The number of aromatic nitrogens is 3. The summed E-state index contributed by atoms with van der Waals surface area (Å²) < 4.78 is 0. The number of hydrogen-bond donors (Lipinski definition) is 0. The summed E-state index contributed by atoms with van der Waals surface area (Å²) in [5.41, 5.74) is 11.5. The Morgan fingerprint density at radius 3 is 1.76 bits per heavy atom. The molecule has 0 unspecified atom stereocenters. The summed E-state index contributed by atoms with van der Waals surface area (Å²) in [6.07, 6.45) is 3.69. The zero-order valence-electron chi connectivity index (χ0n) is 31.4. The Morgan fingerprint density at radius 2 is 0.948 bits per heavy atom. The lowest BCUT2D eigenvalue weighted by Gasteiger charge is -2.12. The van der Waals surface area contributed by atoms with E-state index in [1.807, 2.05) is 18.3 Å². The Balaban J connectivity index is 1.00. The van der Waals surface area contributed by atoms with Gasteiger partial charge in [0.2, 0.25) is 0 Å². The second-order valence-corrected chi connectivity index (χ2v) is 14.7. The summed E-state index contributed by atoms with van der Waals surface area (Å²) in [5, 5.41) is 9.60. The van der Waals surface area contributed by atoms with Gasteiger partial charge in [-0.1, -0.05) is 158 Å². The summed E-state index contributed by atoms with van der Waals surface area (Å²) in [6.45, 7) is 0. The van der Waals surface area contributed by atoms with Gasteiger partial charge in [0, 0.05) is 34.5 Å². The van der Waals surface area contributed by atoms with Gasteiger partial charge in [0.05, 0.1) is 11.4 Å². The van der Waals surface area contributed by atoms with Gasteiger partial charge in [-0.05, 0) is 114 Å². The minimum atomic E-state index is 0.675. The number of fused-ring (bicyclic) bond motifs is 7. The van der Waals surface area contributed by atoms with Crippen molar-refractivity contribution in [3.8, 4) is 67.3 Å². The summed E-state index contributed by atoms with van der Waals surface area (Å²) in [6, 6.07) is 73.1. The molecule has 0 N–H and O–H groups in total. The molecule has 3 heteroatoms. The van der Waals surface area contributed by atoms with Crippen LogP contribution in [-0.4, -0.2) is 15.0 Å². The Labute approximate surface area is 336 Å². The van der Waals surface area contributed by atoms with Crippen molar-refractivity contribution in [1.82, 2.24) is 15.0 Å². The van der Waals surface area contributed by atoms with Crippen molar-refractivity contribution in [3.63, 3.8) is 0 Å². The molecule has 0 aliphatic heterocycles. The molecule has 11 rings (SSSR count). The van der Waals surface area contributed by atoms with Gasteiger partial charge >= 0.3 is 0 Å². The molecule has 0 saturated heterocycles. The highest BCUT2D eigenvalue weighted by Gasteiger charge is 2.14. The van der Waals surface area contributed by atoms with Crippen LogP contribution in [0, 0.1) is 12.1 Å². The summed E-state index contributed by atoms with van der Waals surface area (Å²) in [4.78, 5) is 14.7. The van der Waals surface area contributed by atoms with Crippen molar-refractivity contribution in [2.75, 3.05) is 0 Å². The summed E-state index contributed by atoms with van der Waals surface area (Å²) in [7, 11) is 0. The largest absolute Gasteiger partial charge is 0.264 e. The molecule has 0 amide bonds. The molecule has 58 heavy (non-hydrogen) atoms. The SMILES string of the molecule is c1ccc2c(c#1)c1ccc(-c3ccc(-c4nc(-c5ccc(-c6cccnc6)cc5)cc(-c5cccc(-c6ccc7ccccc7c6)c5)n4)cc3)cc1c1ccccc21. The van der Waals surface area contributed by atoms with Crippen molar-refractivity contribution < 1.29 is 0 Å². The first kappa shape index (κ1) is 33.4. The average molecular weight is 736 g/mol. The minimum Gasteiger partial charge on any atom is -0.264 e. The normalized spacial score (nSPS) is 11.3. The van der Waals surface area contributed by atoms with E-state index in [9.17, 15) is 0 Å². The number of hydrogen-bond acceptors (Lipinski definition) is 3. The molecule has 0 saturated carbocycles. The van der Waals surface area contributed by atoms with E-state index >= 15 is 0 Å². The molecule has 0 radical (unpaired) electrons. The maximum absolute atomic E-state index is 5.23. The van der Waals surface area contributed by atoms with Crippen LogP contribution >= 0.6 is 0 Å². The first-order valence-electron chi connectivity index (χ1n) is 19.5. The molecular weight excluding hydrogens is 703 g/mol. The van der Waals surface area contributed by atoms with Crippen LogP contribution in [0.2, 0.25) is 0 Å². The van der Waals surface area contributed by atoms with Gasteiger partial charge in [0.25, 0.3) is 0 Å². The van der Waals surface area contributed by atoms with Gasteiger partial charge in [0.1, 0.15) is 0 Å². The molecule has 0 fully saturated rings. The molecular formula is C55H33N3. The number of pyridine rings is 1. The third-order valence-electron chi connectivity index (χ3n) is 11.2. The second kappa shape index (κ2) is 14.0. The van der Waals surface area contributed by atoms with Gasteiger partial charge in [-0.3, -0.25) is 4.98 Å². The van der Waals surface area contributed by atoms with Crippen molar-refractivity contribution in [1.29, 1.82) is 0 Å². The van der Waals surface area contributed by atoms with Crippen LogP contribution in [0.25, 0.3) is 110 Å². The molecule has 0 spiro atoms. The van der Waals surface area contributed by atoms with E-state index in [4.69, 9.17) is 9.97 Å². The Bertz CT molecular complexity index is 3280. The maximum atomic E-state index is 5.23. The van der Waals surface area contributed by atoms with Gasteiger partial charge in [0.15, 0.2) is 5.82 Å². The molecule has 3 nitrogen and oxygen atoms in total. The Morgan fingerprint density at radius 1 is 0.345 bits per heavy atom. The first-order chi connectivity index (χ1) is 28.7. The van der Waals surface area contributed by atoms with Gasteiger partial charge < -0.3 is 0 Å². The van der Waals surface area contributed by atoms with E-state index < -0.39 is 0 Å². The van der Waals surface area contributed by atoms with E-state index in [-0.39, 0.29) is 0 Å². The van der Waals surface area contributed by atoms with Crippen molar-refractivity contribution in [2.45, 2.75) is 0 Å². The van der Waals surface area contributed by atoms with Crippen LogP contribution in [0.4, 0.5) is 0 Å². The molecule has 0 bridgehead atoms. The number of benzene rings is 8. The lowest BCUT2D eigenvalue weighted by Crippen LogP contribution is -1.96. The molecule has 11 aromatic rings. The number of rotatable bonds is 6. The van der Waals surface area contributed by atoms with Crippen LogP contribution in [0.15, 0.2) is 200 Å². The quantitative estimate of drug-likeness (QED) is 0.160. The fraction of sp³-hybridized carbons (Fsp3) is 0. The van der Waals surface area contributed by atoms with Gasteiger partial charge in [-0.25, -0.2) is 9.97 Å². The monoisotopic (exact) mass is 735 g/mol. The topological polar surface area (TPSA) is 38.7 Å². The zero-order valence-corrected chi connectivity index (χ0v) is 31.4. The molecule has 2 heterocycles. The third-order valence-corrected chi connectivity index (χ3v) is 11.2. The molecule has 0 atom stereocenters. The van der Waals surface area contributed by atoms with E-state index in [0.717, 1.165) is 61.3 Å². The summed E-state index contributed by atoms with van der Waals surface area (Å²) >= 11 is 0. The first-order valence-corrected chi connectivity index (χ1v) is 19.5. The summed E-state index contributed by atoms with van der Waals surface area (Å²) in [5.74, 6) is 0.675. The fourth-order valence-corrected chi connectivity index (χ4v) is 8.22. The standard InChI is InChI=1S/C55H33N3/c1-2-10-41-31-43(27-22-36(41)9-1)42-11-7-12-45(32-42)54-34-53(39-23-18-38(19-24-39)46-13-8-30-56-35-46)57-55(58-54)40-25-20-37(21-26-40)44-28-29-51-49-16-4-3-14-47(49)48-15-5-6-17-50(48)52(51)33-44/h1-3,5-15,17-35H. The number of nitrogens with zero attached hydrogens (tertiary/aromatic N) is 3. The Hall–Kier alpha value is -7.93. The van der Waals surface area contributed by atoms with Gasteiger partial charge in [-0.2, -0.15) is 0 Å². The minimum absolute atomic E-state index is 0.675. The van der Waals surface area contributed by atoms with Crippen LogP contribution in [0.1, 0.15) is 0 Å². The lowest BCUT2D eigenvalue weighted by atomic mass is 9.92. The molecule has 9 aromatic carbocycles. The van der Waals surface area contributed by atoms with E-state index in [1.54, 1.807) is 6.20 Å². The predicted molar refractivity (Wildman–Crippen MR) is 240 cm³/mol. The molecule has 2 aromatic heterocycles. The van der Waals surface area contributed by atoms with Crippen molar-refractivity contribution in [2.24, 2.45) is 0 Å². The maximum Gasteiger partial charge on any atom is 0.160 e. The lowest BCUT2D eigenvalue weighted by molar-refractivity contribution is 1.18. The van der Waals surface area contributed by atoms with E-state index in [0.29, 0.717) is 5.82 Å². The second-order valence-electron chi connectivity index (χ2n) is 14.7. The van der Waals surface area contributed by atoms with Gasteiger partial charge in [-0.15, -0.1) is 0 Å². The third kappa shape index (κ3) is 6.01. The van der Waals surface area contributed by atoms with Crippen LogP contribution in [0.5, 0.6) is 0 Å². The highest BCUT2D eigenvalue weighted by atomic mass is 14.9. The highest BCUT2D eigenvalue weighted by molar-refractivity contribution is 6.25. The zero-order chi connectivity index (χ0) is 38.4. The highest BCUT2D eigenvalue weighted by Crippen LogP contribution is 2.37. The van der Waals surface area contributed by atoms with Crippen LogP contribution < -0.4 is 0 Å². The van der Waals surface area contributed by atoms with Crippen LogP contribution in [-0.2, 0) is 0 Å². The van der Waals surface area contributed by atoms with Crippen LogP contribution in [0.3, 0.4) is 0 Å². The molecule has 268 valence electrons. The molecule has 0 aliphatic carbocycles. The van der Waals surface area contributed by atoms with E-state index in [1.165, 1.54) is 43.3 Å². The van der Waals surface area contributed by atoms with E-state index in [2.05, 4.69) is 193 Å². The predicted octanol–water partition coefficient (Wildman–Crippen LogP) is 14.1. The fourth-order valence-electron chi connectivity index (χ4n) is 8.22. The Kier molecular flexibility index (Phi) is 8.05.